The van der Waals surface area contributed by atoms with Gasteiger partial charge in [0, 0.05) is 11.7 Å². The van der Waals surface area contributed by atoms with E-state index < -0.39 is 5.41 Å². The van der Waals surface area contributed by atoms with Gasteiger partial charge in [-0.25, -0.2) is 4.39 Å². The lowest BCUT2D eigenvalue weighted by atomic mass is 9.85. The van der Waals surface area contributed by atoms with Crippen LogP contribution in [-0.2, 0) is 16.6 Å². The van der Waals surface area contributed by atoms with Crippen LogP contribution in [0.25, 0.3) is 0 Å². The van der Waals surface area contributed by atoms with Crippen molar-refractivity contribution in [2.75, 3.05) is 5.32 Å². The summed E-state index contributed by atoms with van der Waals surface area (Å²) >= 11 is 0. The third-order valence-electron chi connectivity index (χ3n) is 3.21. The number of rotatable bonds is 2. The molecule has 0 saturated carbocycles. The van der Waals surface area contributed by atoms with E-state index in [2.05, 4.69) is 5.32 Å². The maximum absolute atomic E-state index is 13.6. The van der Waals surface area contributed by atoms with E-state index in [0.717, 1.165) is 16.8 Å². The average molecular weight is 236 g/mol. The van der Waals surface area contributed by atoms with Crippen LogP contribution in [0.1, 0.15) is 31.9 Å². The molecule has 3 N–H and O–H groups in total. The van der Waals surface area contributed by atoms with Gasteiger partial charge in [-0.2, -0.15) is 0 Å². The van der Waals surface area contributed by atoms with Gasteiger partial charge in [0.05, 0.1) is 5.41 Å². The van der Waals surface area contributed by atoms with Gasteiger partial charge in [-0.05, 0) is 50.5 Å². The Balaban J connectivity index is 2.56. The highest BCUT2D eigenvalue weighted by atomic mass is 19.1. The molecule has 0 bridgehead atoms. The highest BCUT2D eigenvalue weighted by Gasteiger charge is 2.39. The zero-order valence-electron chi connectivity index (χ0n) is 10.3. The van der Waals surface area contributed by atoms with Crippen molar-refractivity contribution in [1.29, 1.82) is 0 Å². The van der Waals surface area contributed by atoms with Crippen molar-refractivity contribution in [3.8, 4) is 0 Å². The number of fused-ring (bicyclic) bond motifs is 1. The Morgan fingerprint density at radius 3 is 2.71 bits per heavy atom. The smallest absolute Gasteiger partial charge is 0.234 e. The summed E-state index contributed by atoms with van der Waals surface area (Å²) in [6.07, 6.45) is 0.552. The fourth-order valence-electron chi connectivity index (χ4n) is 2.20. The van der Waals surface area contributed by atoms with E-state index in [1.54, 1.807) is 13.8 Å². The van der Waals surface area contributed by atoms with Gasteiger partial charge in [-0.3, -0.25) is 4.79 Å². The van der Waals surface area contributed by atoms with Crippen molar-refractivity contribution < 1.29 is 9.18 Å². The van der Waals surface area contributed by atoms with Gasteiger partial charge in [-0.1, -0.05) is 0 Å². The molecule has 3 nitrogen and oxygen atoms in total. The molecule has 1 unspecified atom stereocenters. The maximum atomic E-state index is 13.6. The highest BCUT2D eigenvalue weighted by molar-refractivity contribution is 6.06. The molecular formula is C13H17FN2O. The van der Waals surface area contributed by atoms with E-state index in [1.165, 1.54) is 12.1 Å². The summed E-state index contributed by atoms with van der Waals surface area (Å²) in [7, 11) is 0. The van der Waals surface area contributed by atoms with E-state index in [-0.39, 0.29) is 17.8 Å². The monoisotopic (exact) mass is 236 g/mol. The number of amides is 1. The van der Waals surface area contributed by atoms with Crippen molar-refractivity contribution in [2.45, 2.75) is 38.6 Å². The lowest BCUT2D eigenvalue weighted by molar-refractivity contribution is -0.119. The van der Waals surface area contributed by atoms with Crippen LogP contribution in [0.15, 0.2) is 12.1 Å². The number of carbonyl (C=O) groups is 1. The summed E-state index contributed by atoms with van der Waals surface area (Å²) in [4.78, 5) is 11.8. The molecule has 0 saturated heterocycles. The van der Waals surface area contributed by atoms with Crippen LogP contribution in [-0.4, -0.2) is 11.9 Å². The zero-order chi connectivity index (χ0) is 12.8. The number of benzene rings is 1. The van der Waals surface area contributed by atoms with Crippen LogP contribution >= 0.6 is 0 Å². The highest BCUT2D eigenvalue weighted by Crippen LogP contribution is 2.40. The molecule has 1 aromatic carbocycles. The first-order chi connectivity index (χ1) is 7.82. The Labute approximate surface area is 100 Å². The molecule has 1 atom stereocenters. The van der Waals surface area contributed by atoms with Crippen molar-refractivity contribution in [1.82, 2.24) is 0 Å². The largest absolute Gasteiger partial charge is 0.328 e. The lowest BCUT2D eigenvalue weighted by Crippen LogP contribution is -2.26. The average Bonchev–Trinajstić information content (AvgIpc) is 2.40. The number of carbonyl (C=O) groups excluding carboxylic acids is 1. The van der Waals surface area contributed by atoms with Gasteiger partial charge in [0.1, 0.15) is 5.82 Å². The maximum Gasteiger partial charge on any atom is 0.234 e. The second-order valence-electron chi connectivity index (χ2n) is 5.25. The molecule has 17 heavy (non-hydrogen) atoms. The van der Waals surface area contributed by atoms with E-state index in [0.29, 0.717) is 6.42 Å². The second-order valence-corrected chi connectivity index (χ2v) is 5.25. The summed E-state index contributed by atoms with van der Waals surface area (Å²) in [6.45, 7) is 5.45. The standard InChI is InChI=1S/C13H17FN2O/c1-7(15)4-8-5-9(14)6-10-11(8)16-12(17)13(10,2)3/h5-7H,4,15H2,1-3H3,(H,16,17). The van der Waals surface area contributed by atoms with E-state index in [1.807, 2.05) is 6.92 Å². The van der Waals surface area contributed by atoms with Gasteiger partial charge in [0.25, 0.3) is 0 Å². The lowest BCUT2D eigenvalue weighted by Gasteiger charge is -2.16. The molecule has 1 amide bonds. The van der Waals surface area contributed by atoms with Crippen LogP contribution in [0, 0.1) is 5.82 Å². The molecule has 1 heterocycles. The van der Waals surface area contributed by atoms with E-state index in [9.17, 15) is 9.18 Å². The molecule has 92 valence electrons. The van der Waals surface area contributed by atoms with Crippen LogP contribution in [0.2, 0.25) is 0 Å². The minimum atomic E-state index is -0.677. The SMILES string of the molecule is CC(N)Cc1cc(F)cc2c1NC(=O)C2(C)C. The number of hydrogen-bond donors (Lipinski definition) is 2. The van der Waals surface area contributed by atoms with Crippen molar-refractivity contribution in [2.24, 2.45) is 5.73 Å². The zero-order valence-corrected chi connectivity index (χ0v) is 10.3. The molecular weight excluding hydrogens is 219 g/mol. The Bertz CT molecular complexity index is 481. The number of hydrogen-bond acceptors (Lipinski definition) is 2. The van der Waals surface area contributed by atoms with Crippen molar-refractivity contribution in [3.05, 3.63) is 29.1 Å². The number of nitrogens with two attached hydrogens (primary N) is 1. The van der Waals surface area contributed by atoms with Gasteiger partial charge < -0.3 is 11.1 Å². The summed E-state index contributed by atoms with van der Waals surface area (Å²) in [6, 6.07) is 2.81. The summed E-state index contributed by atoms with van der Waals surface area (Å²) < 4.78 is 13.6. The first kappa shape index (κ1) is 12.0. The fourth-order valence-corrected chi connectivity index (χ4v) is 2.20. The minimum Gasteiger partial charge on any atom is -0.328 e. The molecule has 0 fully saturated rings. The Morgan fingerprint density at radius 2 is 2.12 bits per heavy atom. The number of nitrogens with one attached hydrogen (secondary N) is 1. The Kier molecular flexibility index (Phi) is 2.70. The minimum absolute atomic E-state index is 0.0680. The molecule has 0 aliphatic carbocycles. The molecule has 4 heteroatoms. The van der Waals surface area contributed by atoms with Gasteiger partial charge in [0.15, 0.2) is 0 Å². The number of halogens is 1. The van der Waals surface area contributed by atoms with Gasteiger partial charge >= 0.3 is 0 Å². The number of anilines is 1. The predicted octanol–water partition coefficient (Wildman–Crippen LogP) is 1.95. The Morgan fingerprint density at radius 1 is 1.47 bits per heavy atom. The van der Waals surface area contributed by atoms with Crippen LogP contribution < -0.4 is 11.1 Å². The predicted molar refractivity (Wildman–Crippen MR) is 65.4 cm³/mol. The molecule has 2 rings (SSSR count). The van der Waals surface area contributed by atoms with E-state index in [4.69, 9.17) is 5.73 Å². The molecule has 0 spiro atoms. The topological polar surface area (TPSA) is 55.1 Å². The van der Waals surface area contributed by atoms with Crippen LogP contribution in [0.3, 0.4) is 0 Å². The van der Waals surface area contributed by atoms with Crippen LogP contribution in [0.4, 0.5) is 10.1 Å². The van der Waals surface area contributed by atoms with E-state index >= 15 is 0 Å². The first-order valence-electron chi connectivity index (χ1n) is 5.72. The third-order valence-corrected chi connectivity index (χ3v) is 3.21. The molecule has 1 aromatic rings. The quantitative estimate of drug-likeness (QED) is 0.824. The van der Waals surface area contributed by atoms with Gasteiger partial charge in [0.2, 0.25) is 5.91 Å². The molecule has 0 radical (unpaired) electrons. The summed E-state index contributed by atoms with van der Waals surface area (Å²) in [5, 5.41) is 2.83. The van der Waals surface area contributed by atoms with Crippen LogP contribution in [0.5, 0.6) is 0 Å². The molecule has 1 aliphatic rings. The summed E-state index contributed by atoms with van der Waals surface area (Å²) in [5.41, 5.74) is 7.29. The first-order valence-corrected chi connectivity index (χ1v) is 5.72. The third kappa shape index (κ3) is 1.93. The molecule has 1 aliphatic heterocycles. The molecule has 0 aromatic heterocycles. The Hall–Kier alpha value is -1.42. The normalized spacial score (nSPS) is 18.8. The van der Waals surface area contributed by atoms with Crippen molar-refractivity contribution >= 4 is 11.6 Å². The van der Waals surface area contributed by atoms with Gasteiger partial charge in [-0.15, -0.1) is 0 Å². The second kappa shape index (κ2) is 3.81. The fraction of sp³-hybridized carbons (Fsp3) is 0.462. The van der Waals surface area contributed by atoms with Crippen molar-refractivity contribution in [3.63, 3.8) is 0 Å². The summed E-state index contributed by atoms with van der Waals surface area (Å²) in [5.74, 6) is -0.409.